The Balaban J connectivity index is 1.56. The maximum Gasteiger partial charge on any atom is 0.238 e. The van der Waals surface area contributed by atoms with Gasteiger partial charge in [-0.25, -0.2) is 4.98 Å². The van der Waals surface area contributed by atoms with Gasteiger partial charge in [0.15, 0.2) is 5.82 Å². The van der Waals surface area contributed by atoms with E-state index in [2.05, 4.69) is 20.5 Å². The number of nitrogens with one attached hydrogen (secondary N) is 2. The van der Waals surface area contributed by atoms with Crippen molar-refractivity contribution in [3.63, 3.8) is 0 Å². The number of H-pyrrole nitrogens is 1. The molecular weight excluding hydrogens is 340 g/mol. The van der Waals surface area contributed by atoms with Crippen LogP contribution in [-0.2, 0) is 4.79 Å². The molecule has 24 heavy (non-hydrogen) atoms. The highest BCUT2D eigenvalue weighted by molar-refractivity contribution is 8.00. The fourth-order valence-electron chi connectivity index (χ4n) is 2.33. The van der Waals surface area contributed by atoms with Crippen LogP contribution in [0.5, 0.6) is 0 Å². The lowest BCUT2D eigenvalue weighted by atomic mass is 10.1. The molecule has 1 amide bonds. The van der Waals surface area contributed by atoms with Crippen LogP contribution < -0.4 is 5.32 Å². The average Bonchev–Trinajstić information content (AvgIpc) is 3.08. The Labute approximate surface area is 147 Å². The smallest absolute Gasteiger partial charge is 0.238 e. The second-order valence-corrected chi connectivity index (χ2v) is 7.66. The number of amides is 1. The molecule has 2 N–H and O–H groups in total. The Morgan fingerprint density at radius 3 is 2.79 bits per heavy atom. The zero-order valence-electron chi connectivity index (χ0n) is 12.8. The molecule has 0 aliphatic heterocycles. The first-order valence-electron chi connectivity index (χ1n) is 7.78. The summed E-state index contributed by atoms with van der Waals surface area (Å²) in [5.41, 5.74) is 0.961. The molecule has 5 nitrogen and oxygen atoms in total. The summed E-state index contributed by atoms with van der Waals surface area (Å²) in [6.45, 7) is 0. The van der Waals surface area contributed by atoms with Crippen molar-refractivity contribution in [2.75, 3.05) is 0 Å². The topological polar surface area (TPSA) is 70.7 Å². The molecule has 1 aliphatic carbocycles. The third-order valence-electron chi connectivity index (χ3n) is 3.71. The van der Waals surface area contributed by atoms with Gasteiger partial charge < -0.3 is 5.32 Å². The van der Waals surface area contributed by atoms with E-state index in [1.165, 1.54) is 11.8 Å². The Kier molecular flexibility index (Phi) is 4.36. The van der Waals surface area contributed by atoms with Crippen LogP contribution >= 0.6 is 23.1 Å². The summed E-state index contributed by atoms with van der Waals surface area (Å²) in [4.78, 5) is 18.2. The van der Waals surface area contributed by atoms with Crippen LogP contribution in [0, 0.1) is 0 Å². The number of hydrogen-bond donors (Lipinski definition) is 2. The van der Waals surface area contributed by atoms with E-state index in [1.807, 2.05) is 47.8 Å². The molecule has 4 rings (SSSR count). The number of rotatable bonds is 6. The van der Waals surface area contributed by atoms with E-state index in [0.29, 0.717) is 11.2 Å². The van der Waals surface area contributed by atoms with Crippen molar-refractivity contribution < 1.29 is 4.79 Å². The van der Waals surface area contributed by atoms with Crippen LogP contribution in [0.15, 0.2) is 53.0 Å². The Morgan fingerprint density at radius 1 is 1.25 bits per heavy atom. The third kappa shape index (κ3) is 3.52. The van der Waals surface area contributed by atoms with Crippen LogP contribution in [0.25, 0.3) is 10.7 Å². The molecule has 2 aromatic heterocycles. The number of aromatic amines is 1. The van der Waals surface area contributed by atoms with E-state index in [0.717, 1.165) is 29.1 Å². The van der Waals surface area contributed by atoms with E-state index < -0.39 is 0 Å². The van der Waals surface area contributed by atoms with E-state index in [-0.39, 0.29) is 11.2 Å². The van der Waals surface area contributed by atoms with Gasteiger partial charge in [-0.05, 0) is 29.9 Å². The number of thiophene rings is 1. The molecule has 3 aromatic rings. The van der Waals surface area contributed by atoms with Gasteiger partial charge in [0, 0.05) is 6.04 Å². The monoisotopic (exact) mass is 356 g/mol. The lowest BCUT2D eigenvalue weighted by molar-refractivity contribution is -0.120. The number of carbonyl (C=O) groups excluding carboxylic acids is 1. The van der Waals surface area contributed by atoms with Gasteiger partial charge in [0.05, 0.1) is 4.88 Å². The molecule has 1 aromatic carbocycles. The first kappa shape index (κ1) is 15.4. The van der Waals surface area contributed by atoms with Gasteiger partial charge in [-0.2, -0.15) is 0 Å². The molecule has 1 fully saturated rings. The molecule has 0 radical (unpaired) electrons. The first-order valence-corrected chi connectivity index (χ1v) is 9.54. The second kappa shape index (κ2) is 6.78. The normalized spacial score (nSPS) is 15.2. The highest BCUT2D eigenvalue weighted by atomic mass is 32.2. The van der Waals surface area contributed by atoms with Crippen molar-refractivity contribution in [2.45, 2.75) is 29.3 Å². The molecule has 7 heteroatoms. The van der Waals surface area contributed by atoms with E-state index in [9.17, 15) is 4.79 Å². The van der Waals surface area contributed by atoms with Crippen molar-refractivity contribution in [1.29, 1.82) is 0 Å². The lowest BCUT2D eigenvalue weighted by Crippen LogP contribution is -2.29. The van der Waals surface area contributed by atoms with Gasteiger partial charge in [-0.1, -0.05) is 48.2 Å². The van der Waals surface area contributed by atoms with Crippen LogP contribution in [0.4, 0.5) is 0 Å². The van der Waals surface area contributed by atoms with Crippen molar-refractivity contribution in [1.82, 2.24) is 20.5 Å². The minimum atomic E-state index is -0.348. The number of thioether (sulfide) groups is 1. The van der Waals surface area contributed by atoms with Gasteiger partial charge in [0.2, 0.25) is 11.1 Å². The molecule has 1 atom stereocenters. The van der Waals surface area contributed by atoms with Gasteiger partial charge in [-0.3, -0.25) is 9.89 Å². The van der Waals surface area contributed by atoms with Crippen molar-refractivity contribution in [3.05, 3.63) is 53.4 Å². The van der Waals surface area contributed by atoms with Crippen LogP contribution in [0.2, 0.25) is 0 Å². The quantitative estimate of drug-likeness (QED) is 0.662. The summed E-state index contributed by atoms with van der Waals surface area (Å²) in [5.74, 6) is 0.762. The summed E-state index contributed by atoms with van der Waals surface area (Å²) in [5, 5.41) is 12.5. The number of carbonyl (C=O) groups is 1. The molecule has 0 unspecified atom stereocenters. The van der Waals surface area contributed by atoms with E-state index >= 15 is 0 Å². The van der Waals surface area contributed by atoms with Crippen molar-refractivity contribution in [3.8, 4) is 10.7 Å². The van der Waals surface area contributed by atoms with Gasteiger partial charge >= 0.3 is 0 Å². The highest BCUT2D eigenvalue weighted by Crippen LogP contribution is 2.35. The minimum Gasteiger partial charge on any atom is -0.352 e. The summed E-state index contributed by atoms with van der Waals surface area (Å²) in [7, 11) is 0. The molecule has 0 saturated heterocycles. The van der Waals surface area contributed by atoms with Gasteiger partial charge in [0.1, 0.15) is 5.25 Å². The van der Waals surface area contributed by atoms with Crippen LogP contribution in [-0.4, -0.2) is 27.1 Å². The minimum absolute atomic E-state index is 0.0242. The molecule has 122 valence electrons. The maximum atomic E-state index is 12.6. The molecule has 2 heterocycles. The maximum absolute atomic E-state index is 12.6. The van der Waals surface area contributed by atoms with E-state index in [1.54, 1.807) is 11.3 Å². The molecule has 1 saturated carbocycles. The SMILES string of the molecule is O=C(NC1CC1)[C@H](Sc1n[nH]c(-c2cccs2)n1)c1ccccc1. The van der Waals surface area contributed by atoms with Gasteiger partial charge in [0.25, 0.3) is 0 Å². The van der Waals surface area contributed by atoms with Crippen LogP contribution in [0.1, 0.15) is 23.7 Å². The Hall–Kier alpha value is -2.12. The number of hydrogen-bond acceptors (Lipinski definition) is 5. The largest absolute Gasteiger partial charge is 0.352 e. The fourth-order valence-corrected chi connectivity index (χ4v) is 3.92. The predicted octanol–water partition coefficient (Wildman–Crippen LogP) is 3.65. The standard InChI is InChI=1S/C17H16N4OS2/c22-16(18-12-8-9-12)14(11-5-2-1-3-6-11)24-17-19-15(20-21-17)13-7-4-10-23-13/h1-7,10,12,14H,8-9H2,(H,18,22)(H,19,20,21)/t14-/m1/s1. The fraction of sp³-hybridized carbons (Fsp3) is 0.235. The van der Waals surface area contributed by atoms with Crippen molar-refractivity contribution in [2.24, 2.45) is 0 Å². The summed E-state index contributed by atoms with van der Waals surface area (Å²) in [6.07, 6.45) is 2.14. The Bertz CT molecular complexity index is 812. The zero-order chi connectivity index (χ0) is 16.4. The summed E-state index contributed by atoms with van der Waals surface area (Å²) in [6, 6.07) is 14.1. The third-order valence-corrected chi connectivity index (χ3v) is 5.70. The zero-order valence-corrected chi connectivity index (χ0v) is 14.4. The predicted molar refractivity (Wildman–Crippen MR) is 95.9 cm³/mol. The lowest BCUT2D eigenvalue weighted by Gasteiger charge is -2.15. The summed E-state index contributed by atoms with van der Waals surface area (Å²) >= 11 is 2.98. The summed E-state index contributed by atoms with van der Waals surface area (Å²) < 4.78 is 0. The molecule has 0 spiro atoms. The first-order chi connectivity index (χ1) is 11.8. The Morgan fingerprint density at radius 2 is 2.08 bits per heavy atom. The number of benzene rings is 1. The van der Waals surface area contributed by atoms with Crippen molar-refractivity contribution >= 4 is 29.0 Å². The number of aromatic nitrogens is 3. The molecular formula is C17H16N4OS2. The second-order valence-electron chi connectivity index (χ2n) is 5.64. The van der Waals surface area contributed by atoms with Gasteiger partial charge in [-0.15, -0.1) is 16.4 Å². The number of nitrogens with zero attached hydrogens (tertiary/aromatic N) is 2. The van der Waals surface area contributed by atoms with Crippen LogP contribution in [0.3, 0.4) is 0 Å². The van der Waals surface area contributed by atoms with E-state index in [4.69, 9.17) is 0 Å². The highest BCUT2D eigenvalue weighted by Gasteiger charge is 2.30. The molecule has 1 aliphatic rings. The molecule has 0 bridgehead atoms. The average molecular weight is 356 g/mol.